The summed E-state index contributed by atoms with van der Waals surface area (Å²) in [6.07, 6.45) is 2.07. The molecular formula is C17H16F2N2O2S. The molecule has 3 aromatic rings. The van der Waals surface area contributed by atoms with Crippen LogP contribution in [-0.4, -0.2) is 19.9 Å². The van der Waals surface area contributed by atoms with Gasteiger partial charge in [-0.1, -0.05) is 6.07 Å². The molecule has 0 radical (unpaired) electrons. The van der Waals surface area contributed by atoms with Gasteiger partial charge in [0.2, 0.25) is 10.0 Å². The van der Waals surface area contributed by atoms with Crippen LogP contribution in [0.5, 0.6) is 0 Å². The van der Waals surface area contributed by atoms with E-state index in [0.29, 0.717) is 17.4 Å². The summed E-state index contributed by atoms with van der Waals surface area (Å²) in [6, 6.07) is 8.34. The second-order valence-electron chi connectivity index (χ2n) is 5.59. The van der Waals surface area contributed by atoms with Crippen LogP contribution in [0.3, 0.4) is 0 Å². The third kappa shape index (κ3) is 3.32. The van der Waals surface area contributed by atoms with Gasteiger partial charge in [-0.05, 0) is 54.8 Å². The molecule has 1 aromatic heterocycles. The number of aryl methyl sites for hydroxylation is 1. The van der Waals surface area contributed by atoms with E-state index in [0.717, 1.165) is 11.1 Å². The fourth-order valence-corrected chi connectivity index (χ4v) is 3.67. The van der Waals surface area contributed by atoms with Crippen LogP contribution in [0.1, 0.15) is 11.1 Å². The number of halogens is 2. The van der Waals surface area contributed by atoms with Crippen LogP contribution in [-0.2, 0) is 16.4 Å². The van der Waals surface area contributed by atoms with E-state index in [1.165, 1.54) is 24.3 Å². The third-order valence-corrected chi connectivity index (χ3v) is 5.29. The average molecular weight is 350 g/mol. The minimum Gasteiger partial charge on any atom is -0.361 e. The summed E-state index contributed by atoms with van der Waals surface area (Å²) in [7, 11) is -3.93. The second kappa shape index (κ2) is 6.33. The number of hydrogen-bond acceptors (Lipinski definition) is 2. The molecule has 0 saturated heterocycles. The molecule has 0 fully saturated rings. The largest absolute Gasteiger partial charge is 0.361 e. The number of rotatable bonds is 5. The molecule has 0 bridgehead atoms. The normalized spacial score (nSPS) is 12.0. The van der Waals surface area contributed by atoms with Gasteiger partial charge in [-0.25, -0.2) is 21.9 Å². The van der Waals surface area contributed by atoms with Gasteiger partial charge in [-0.15, -0.1) is 0 Å². The van der Waals surface area contributed by atoms with Crippen LogP contribution in [0.25, 0.3) is 10.9 Å². The molecule has 0 unspecified atom stereocenters. The molecule has 24 heavy (non-hydrogen) atoms. The zero-order chi connectivity index (χ0) is 17.3. The molecule has 0 aliphatic carbocycles. The van der Waals surface area contributed by atoms with Crippen molar-refractivity contribution in [1.29, 1.82) is 0 Å². The molecule has 0 saturated carbocycles. The fraction of sp³-hybridized carbons (Fsp3) is 0.176. The van der Waals surface area contributed by atoms with E-state index in [9.17, 15) is 17.2 Å². The molecule has 0 atom stereocenters. The smallest absolute Gasteiger partial charge is 0.243 e. The highest BCUT2D eigenvalue weighted by atomic mass is 32.2. The quantitative estimate of drug-likeness (QED) is 0.742. The maximum absolute atomic E-state index is 13.8. The number of H-pyrrole nitrogens is 1. The van der Waals surface area contributed by atoms with Gasteiger partial charge in [-0.2, -0.15) is 0 Å². The van der Waals surface area contributed by atoms with E-state index < -0.39 is 15.8 Å². The van der Waals surface area contributed by atoms with Gasteiger partial charge in [0, 0.05) is 23.6 Å². The molecule has 2 N–H and O–H groups in total. The maximum Gasteiger partial charge on any atom is 0.243 e. The molecule has 1 heterocycles. The van der Waals surface area contributed by atoms with Crippen LogP contribution >= 0.6 is 0 Å². The lowest BCUT2D eigenvalue weighted by atomic mass is 10.1. The molecule has 126 valence electrons. The van der Waals surface area contributed by atoms with Gasteiger partial charge in [-0.3, -0.25) is 0 Å². The van der Waals surface area contributed by atoms with E-state index in [2.05, 4.69) is 9.71 Å². The summed E-state index contributed by atoms with van der Waals surface area (Å²) in [5, 5.41) is 0.704. The van der Waals surface area contributed by atoms with E-state index in [-0.39, 0.29) is 17.3 Å². The number of hydrogen-bond donors (Lipinski definition) is 2. The van der Waals surface area contributed by atoms with Crippen LogP contribution in [0.2, 0.25) is 0 Å². The Kier molecular flexibility index (Phi) is 4.38. The van der Waals surface area contributed by atoms with Crippen LogP contribution in [0.15, 0.2) is 47.5 Å². The van der Waals surface area contributed by atoms with Crippen molar-refractivity contribution in [3.05, 3.63) is 65.4 Å². The van der Waals surface area contributed by atoms with Crippen molar-refractivity contribution in [2.75, 3.05) is 6.54 Å². The summed E-state index contributed by atoms with van der Waals surface area (Å²) < 4.78 is 53.9. The SMILES string of the molecule is Cc1ccc(S(=O)(=O)NCCc2c[nH]c3ccc(F)cc23)c(F)c1. The highest BCUT2D eigenvalue weighted by Gasteiger charge is 2.18. The van der Waals surface area contributed by atoms with Crippen molar-refractivity contribution in [2.45, 2.75) is 18.2 Å². The number of benzene rings is 2. The monoisotopic (exact) mass is 350 g/mol. The van der Waals surface area contributed by atoms with Crippen molar-refractivity contribution >= 4 is 20.9 Å². The van der Waals surface area contributed by atoms with Crippen LogP contribution in [0, 0.1) is 18.6 Å². The fourth-order valence-electron chi connectivity index (χ4n) is 2.58. The minimum absolute atomic E-state index is 0.0825. The van der Waals surface area contributed by atoms with E-state index in [1.54, 1.807) is 25.3 Å². The van der Waals surface area contributed by atoms with Crippen LogP contribution < -0.4 is 4.72 Å². The zero-order valence-corrected chi connectivity index (χ0v) is 13.8. The summed E-state index contributed by atoms with van der Waals surface area (Å²) in [5.41, 5.74) is 2.21. The molecule has 7 heteroatoms. The number of fused-ring (bicyclic) bond motifs is 1. The summed E-state index contributed by atoms with van der Waals surface area (Å²) in [6.45, 7) is 1.77. The van der Waals surface area contributed by atoms with Gasteiger partial charge in [0.25, 0.3) is 0 Å². The first kappa shape index (κ1) is 16.6. The van der Waals surface area contributed by atoms with E-state index >= 15 is 0 Å². The lowest BCUT2D eigenvalue weighted by Gasteiger charge is -2.08. The lowest BCUT2D eigenvalue weighted by molar-refractivity contribution is 0.556. The third-order valence-electron chi connectivity index (χ3n) is 3.79. The predicted octanol–water partition coefficient (Wildman–Crippen LogP) is 3.28. The molecule has 0 spiro atoms. The Morgan fingerprint density at radius 3 is 2.67 bits per heavy atom. The Morgan fingerprint density at radius 1 is 1.12 bits per heavy atom. The van der Waals surface area contributed by atoms with Crippen molar-refractivity contribution < 1.29 is 17.2 Å². The van der Waals surface area contributed by atoms with Gasteiger partial charge in [0.15, 0.2) is 0 Å². The molecule has 0 amide bonds. The van der Waals surface area contributed by atoms with Crippen molar-refractivity contribution in [3.63, 3.8) is 0 Å². The van der Waals surface area contributed by atoms with Crippen molar-refractivity contribution in [2.24, 2.45) is 0 Å². The number of aromatic amines is 1. The molecule has 0 aliphatic heterocycles. The Labute approximate surface area is 138 Å². The Morgan fingerprint density at radius 2 is 1.92 bits per heavy atom. The zero-order valence-electron chi connectivity index (χ0n) is 12.9. The Balaban J connectivity index is 1.74. The Bertz CT molecular complexity index is 997. The second-order valence-corrected chi connectivity index (χ2v) is 7.32. The molecular weight excluding hydrogens is 334 g/mol. The maximum atomic E-state index is 13.8. The molecule has 0 aliphatic rings. The molecule has 2 aromatic carbocycles. The average Bonchev–Trinajstić information content (AvgIpc) is 2.89. The molecule has 4 nitrogen and oxygen atoms in total. The van der Waals surface area contributed by atoms with E-state index in [1.807, 2.05) is 0 Å². The first-order valence-corrected chi connectivity index (χ1v) is 8.86. The molecule has 3 rings (SSSR count). The van der Waals surface area contributed by atoms with Gasteiger partial charge >= 0.3 is 0 Å². The first-order valence-electron chi connectivity index (χ1n) is 7.38. The minimum atomic E-state index is -3.93. The van der Waals surface area contributed by atoms with Crippen molar-refractivity contribution in [3.8, 4) is 0 Å². The first-order chi connectivity index (χ1) is 11.4. The topological polar surface area (TPSA) is 62.0 Å². The number of sulfonamides is 1. The summed E-state index contributed by atoms with van der Waals surface area (Å²) >= 11 is 0. The predicted molar refractivity (Wildman–Crippen MR) is 88.3 cm³/mol. The van der Waals surface area contributed by atoms with Crippen LogP contribution in [0.4, 0.5) is 8.78 Å². The van der Waals surface area contributed by atoms with E-state index in [4.69, 9.17) is 0 Å². The Hall–Kier alpha value is -2.25. The highest BCUT2D eigenvalue weighted by Crippen LogP contribution is 2.20. The van der Waals surface area contributed by atoms with Crippen molar-refractivity contribution in [1.82, 2.24) is 9.71 Å². The highest BCUT2D eigenvalue weighted by molar-refractivity contribution is 7.89. The van der Waals surface area contributed by atoms with Gasteiger partial charge in [0.1, 0.15) is 16.5 Å². The summed E-state index contributed by atoms with van der Waals surface area (Å²) in [4.78, 5) is 2.63. The lowest BCUT2D eigenvalue weighted by Crippen LogP contribution is -2.26. The number of aromatic nitrogens is 1. The summed E-state index contributed by atoms with van der Waals surface area (Å²) in [5.74, 6) is -1.14. The van der Waals surface area contributed by atoms with Gasteiger partial charge < -0.3 is 4.98 Å². The van der Waals surface area contributed by atoms with Gasteiger partial charge in [0.05, 0.1) is 0 Å². The standard InChI is InChI=1S/C17H16F2N2O2S/c1-11-2-5-17(15(19)8-11)24(22,23)21-7-6-12-10-20-16-4-3-13(18)9-14(12)16/h2-5,8-10,20-21H,6-7H2,1H3. The number of nitrogens with one attached hydrogen (secondary N) is 2.